The molecule has 5 rings (SSSR count). The third kappa shape index (κ3) is 3.56. The summed E-state index contributed by atoms with van der Waals surface area (Å²) in [4.78, 5) is 20.3. The number of benzene rings is 1. The number of fused-ring (bicyclic) bond motifs is 3. The smallest absolute Gasteiger partial charge is 0.338 e. The number of nitrogens with zero attached hydrogens (tertiary/aromatic N) is 3. The molecule has 0 amide bonds. The Morgan fingerprint density at radius 1 is 1.31 bits per heavy atom. The zero-order chi connectivity index (χ0) is 20.0. The van der Waals surface area contributed by atoms with Gasteiger partial charge >= 0.3 is 5.97 Å². The summed E-state index contributed by atoms with van der Waals surface area (Å²) < 4.78 is 38.0. The van der Waals surface area contributed by atoms with Gasteiger partial charge in [-0.05, 0) is 41.4 Å². The summed E-state index contributed by atoms with van der Waals surface area (Å²) in [6.07, 6.45) is 1.47. The lowest BCUT2D eigenvalue weighted by Crippen LogP contribution is -2.35. The summed E-state index contributed by atoms with van der Waals surface area (Å²) in [6, 6.07) is 8.94. The van der Waals surface area contributed by atoms with Gasteiger partial charge in [0.25, 0.3) is 10.0 Å². The predicted molar refractivity (Wildman–Crippen MR) is 110 cm³/mol. The van der Waals surface area contributed by atoms with Crippen LogP contribution >= 0.6 is 23.1 Å². The molecule has 29 heavy (non-hydrogen) atoms. The van der Waals surface area contributed by atoms with Crippen LogP contribution in [0.25, 0.3) is 10.8 Å². The van der Waals surface area contributed by atoms with Gasteiger partial charge in [-0.1, -0.05) is 6.07 Å². The van der Waals surface area contributed by atoms with E-state index in [1.807, 2.05) is 22.4 Å². The molecule has 0 spiro atoms. The minimum Gasteiger partial charge on any atom is -0.455 e. The number of oxazole rings is 1. The van der Waals surface area contributed by atoms with Crippen molar-refractivity contribution >= 4 is 49.9 Å². The summed E-state index contributed by atoms with van der Waals surface area (Å²) in [5.74, 6) is -0.0216. The lowest BCUT2D eigenvalue weighted by Gasteiger charge is -2.22. The number of aromatic nitrogens is 1. The highest BCUT2D eigenvalue weighted by molar-refractivity contribution is 8.15. The Morgan fingerprint density at radius 2 is 2.21 bits per heavy atom. The third-order valence-electron chi connectivity index (χ3n) is 4.34. The summed E-state index contributed by atoms with van der Waals surface area (Å²) in [6.45, 7) is 0.346. The van der Waals surface area contributed by atoms with E-state index in [9.17, 15) is 13.2 Å². The van der Waals surface area contributed by atoms with E-state index >= 15 is 0 Å². The highest BCUT2D eigenvalue weighted by Gasteiger charge is 2.33. The SMILES string of the molecule is O=C(OCc1coc(-c2cccs2)n1)c1ccc2c(c1)SC1=NS(=O)(=O)CCN12. The fourth-order valence-electron chi connectivity index (χ4n) is 2.97. The summed E-state index contributed by atoms with van der Waals surface area (Å²) in [7, 11) is -3.42. The average Bonchev–Trinajstić information content (AvgIpc) is 3.42. The van der Waals surface area contributed by atoms with Crippen molar-refractivity contribution in [3.63, 3.8) is 0 Å². The van der Waals surface area contributed by atoms with Gasteiger partial charge in [0.2, 0.25) is 5.89 Å². The van der Waals surface area contributed by atoms with Gasteiger partial charge in [0, 0.05) is 11.4 Å². The molecular weight excluding hydrogens is 434 g/mol. The molecule has 1 aromatic carbocycles. The highest BCUT2D eigenvalue weighted by Crippen LogP contribution is 2.42. The van der Waals surface area contributed by atoms with Crippen LogP contribution in [-0.4, -0.2) is 36.8 Å². The van der Waals surface area contributed by atoms with Gasteiger partial charge in [0.05, 0.1) is 21.9 Å². The lowest BCUT2D eigenvalue weighted by molar-refractivity contribution is 0.0467. The molecule has 8 nitrogen and oxygen atoms in total. The molecule has 0 atom stereocenters. The molecule has 0 N–H and O–H groups in total. The van der Waals surface area contributed by atoms with Gasteiger partial charge in [-0.3, -0.25) is 0 Å². The second-order valence-corrected chi connectivity index (χ2v) is 10.0. The molecule has 0 radical (unpaired) electrons. The second kappa shape index (κ2) is 7.01. The minimum absolute atomic E-state index is 0.00495. The van der Waals surface area contributed by atoms with Crippen LogP contribution in [0.15, 0.2) is 55.7 Å². The van der Waals surface area contributed by atoms with Crippen molar-refractivity contribution in [3.05, 3.63) is 53.2 Å². The number of carbonyl (C=O) groups excluding carboxylic acids is 1. The van der Waals surface area contributed by atoms with Crippen molar-refractivity contribution in [1.29, 1.82) is 0 Å². The first kappa shape index (κ1) is 18.4. The first-order chi connectivity index (χ1) is 14.0. The Labute approximate surface area is 174 Å². The summed E-state index contributed by atoms with van der Waals surface area (Å²) >= 11 is 2.75. The van der Waals surface area contributed by atoms with Gasteiger partial charge in [-0.15, -0.1) is 15.7 Å². The molecule has 0 saturated heterocycles. The Morgan fingerprint density at radius 3 is 3.03 bits per heavy atom. The van der Waals surface area contributed by atoms with Crippen LogP contribution in [0.1, 0.15) is 16.1 Å². The van der Waals surface area contributed by atoms with Gasteiger partial charge in [-0.2, -0.15) is 0 Å². The van der Waals surface area contributed by atoms with Crippen LogP contribution in [0, 0.1) is 0 Å². The van der Waals surface area contributed by atoms with Gasteiger partial charge < -0.3 is 14.1 Å². The number of hydrogen-bond acceptors (Lipinski definition) is 9. The number of carbonyl (C=O) groups is 1. The van der Waals surface area contributed by atoms with Crippen LogP contribution in [0.2, 0.25) is 0 Å². The Hall–Kier alpha value is -2.63. The number of rotatable bonds is 4. The van der Waals surface area contributed by atoms with Crippen molar-refractivity contribution in [1.82, 2.24) is 4.98 Å². The van der Waals surface area contributed by atoms with Gasteiger partial charge in [0.15, 0.2) is 5.17 Å². The van der Waals surface area contributed by atoms with E-state index in [1.165, 1.54) is 29.4 Å². The first-order valence-corrected chi connectivity index (χ1v) is 11.9. The molecule has 3 aromatic rings. The molecule has 0 saturated carbocycles. The van der Waals surface area contributed by atoms with E-state index in [-0.39, 0.29) is 12.4 Å². The fraction of sp³-hybridized carbons (Fsp3) is 0.167. The number of esters is 1. The van der Waals surface area contributed by atoms with Crippen LogP contribution in [0.5, 0.6) is 0 Å². The Bertz CT molecular complexity index is 1230. The topological polar surface area (TPSA) is 102 Å². The third-order valence-corrected chi connectivity index (χ3v) is 7.51. The largest absolute Gasteiger partial charge is 0.455 e. The molecule has 2 aliphatic rings. The Balaban J connectivity index is 1.29. The maximum atomic E-state index is 12.4. The predicted octanol–water partition coefficient (Wildman–Crippen LogP) is 3.37. The number of ether oxygens (including phenoxy) is 1. The number of anilines is 1. The van der Waals surface area contributed by atoms with E-state index in [0.717, 1.165) is 15.5 Å². The molecule has 0 fully saturated rings. The number of thiophene rings is 1. The molecular formula is C18H13N3O5S3. The van der Waals surface area contributed by atoms with Crippen molar-refractivity contribution in [2.45, 2.75) is 11.5 Å². The summed E-state index contributed by atoms with van der Waals surface area (Å²) in [5.41, 5.74) is 1.74. The van der Waals surface area contributed by atoms with Gasteiger partial charge in [0.1, 0.15) is 18.6 Å². The van der Waals surface area contributed by atoms with Crippen molar-refractivity contribution < 1.29 is 22.4 Å². The zero-order valence-electron chi connectivity index (χ0n) is 14.8. The summed E-state index contributed by atoms with van der Waals surface area (Å²) in [5, 5.41) is 2.35. The number of sulfonamides is 1. The van der Waals surface area contributed by atoms with Crippen molar-refractivity contribution in [3.8, 4) is 10.8 Å². The van der Waals surface area contributed by atoms with E-state index < -0.39 is 16.0 Å². The fourth-order valence-corrected chi connectivity index (χ4v) is 5.92. The second-order valence-electron chi connectivity index (χ2n) is 6.29. The average molecular weight is 448 g/mol. The quantitative estimate of drug-likeness (QED) is 0.561. The monoisotopic (exact) mass is 447 g/mol. The molecule has 11 heteroatoms. The molecule has 0 bridgehead atoms. The molecule has 2 aliphatic heterocycles. The van der Waals surface area contributed by atoms with E-state index in [4.69, 9.17) is 9.15 Å². The van der Waals surface area contributed by atoms with E-state index in [2.05, 4.69) is 9.38 Å². The van der Waals surface area contributed by atoms with Crippen LogP contribution in [0.3, 0.4) is 0 Å². The van der Waals surface area contributed by atoms with Crippen LogP contribution in [0.4, 0.5) is 5.69 Å². The number of amidine groups is 1. The maximum absolute atomic E-state index is 12.4. The van der Waals surface area contributed by atoms with E-state index in [1.54, 1.807) is 18.2 Å². The van der Waals surface area contributed by atoms with Crippen molar-refractivity contribution in [2.24, 2.45) is 4.40 Å². The van der Waals surface area contributed by atoms with Gasteiger partial charge in [-0.25, -0.2) is 18.2 Å². The lowest BCUT2D eigenvalue weighted by atomic mass is 10.2. The number of thioether (sulfide) groups is 1. The van der Waals surface area contributed by atoms with Crippen molar-refractivity contribution in [2.75, 3.05) is 17.2 Å². The molecule has 148 valence electrons. The minimum atomic E-state index is -3.42. The normalized spacial score (nSPS) is 16.8. The number of hydrogen-bond donors (Lipinski definition) is 0. The maximum Gasteiger partial charge on any atom is 0.338 e. The molecule has 0 unspecified atom stereocenters. The van der Waals surface area contributed by atoms with Crippen LogP contribution in [-0.2, 0) is 21.4 Å². The standard InChI is InChI=1S/C18H13N3O5S3/c22-17(26-10-12-9-25-16(19-12)14-2-1-6-27-14)11-3-4-13-15(8-11)28-18-20-29(23,24)7-5-21(13)18/h1-4,6,8-9H,5,7,10H2. The molecule has 0 aliphatic carbocycles. The first-order valence-electron chi connectivity index (χ1n) is 8.56. The molecule has 2 aromatic heterocycles. The zero-order valence-corrected chi connectivity index (χ0v) is 17.2. The van der Waals surface area contributed by atoms with Crippen LogP contribution < -0.4 is 4.90 Å². The van der Waals surface area contributed by atoms with E-state index in [0.29, 0.717) is 28.9 Å². The Kier molecular flexibility index (Phi) is 4.45. The highest BCUT2D eigenvalue weighted by atomic mass is 32.2. The molecule has 4 heterocycles.